The van der Waals surface area contributed by atoms with Crippen molar-refractivity contribution in [2.75, 3.05) is 25.0 Å². The molecule has 0 aliphatic carbocycles. The molecule has 1 aromatic carbocycles. The highest BCUT2D eigenvalue weighted by Gasteiger charge is 2.35. The van der Waals surface area contributed by atoms with Crippen LogP contribution in [0.5, 0.6) is 0 Å². The molecule has 1 N–H and O–H groups in total. The van der Waals surface area contributed by atoms with Crippen molar-refractivity contribution in [3.8, 4) is 0 Å². The van der Waals surface area contributed by atoms with Crippen LogP contribution in [0.1, 0.15) is 18.4 Å². The van der Waals surface area contributed by atoms with E-state index < -0.39 is 11.7 Å². The molecule has 4 rings (SSSR count). The van der Waals surface area contributed by atoms with Crippen LogP contribution in [0.25, 0.3) is 0 Å². The van der Waals surface area contributed by atoms with Gasteiger partial charge in [0.2, 0.25) is 0 Å². The van der Waals surface area contributed by atoms with Gasteiger partial charge in [-0.1, -0.05) is 0 Å². The van der Waals surface area contributed by atoms with Crippen LogP contribution < -0.4 is 5.32 Å². The van der Waals surface area contributed by atoms with Gasteiger partial charge < -0.3 is 10.2 Å². The van der Waals surface area contributed by atoms with Gasteiger partial charge in [0.1, 0.15) is 0 Å². The Morgan fingerprint density at radius 1 is 1.20 bits per heavy atom. The van der Waals surface area contributed by atoms with E-state index in [1.54, 1.807) is 0 Å². The lowest BCUT2D eigenvalue weighted by molar-refractivity contribution is -0.137. The number of hydrogen-bond acceptors (Lipinski definition) is 2. The first kappa shape index (κ1) is 14.2. The van der Waals surface area contributed by atoms with Crippen molar-refractivity contribution in [2.45, 2.75) is 25.1 Å². The molecule has 3 saturated heterocycles. The largest absolute Gasteiger partial charge is 0.416 e. The molecule has 1 unspecified atom stereocenters. The van der Waals surface area contributed by atoms with Crippen molar-refractivity contribution < 1.29 is 13.2 Å². The quantitative estimate of drug-likeness (QED) is 0.869. The van der Waals surface area contributed by atoms with Gasteiger partial charge in [0, 0.05) is 22.7 Å². The Hall–Kier alpha value is -0.750. The first-order valence-electron chi connectivity index (χ1n) is 6.79. The van der Waals surface area contributed by atoms with Crippen LogP contribution in [0.4, 0.5) is 18.9 Å². The van der Waals surface area contributed by atoms with Gasteiger partial charge in [-0.2, -0.15) is 13.2 Å². The Bertz CT molecular complexity index is 496. The van der Waals surface area contributed by atoms with Gasteiger partial charge in [-0.05, 0) is 66.0 Å². The summed E-state index contributed by atoms with van der Waals surface area (Å²) in [6.07, 6.45) is -2.03. The zero-order chi connectivity index (χ0) is 14.3. The van der Waals surface area contributed by atoms with Gasteiger partial charge in [0.25, 0.3) is 0 Å². The molecular weight excluding hydrogens is 333 g/mol. The maximum atomic E-state index is 12.8. The predicted molar refractivity (Wildman–Crippen MR) is 75.7 cm³/mol. The normalized spacial score (nSPS) is 29.5. The maximum absolute atomic E-state index is 12.8. The average Bonchev–Trinajstić information content (AvgIpc) is 2.41. The SMILES string of the molecule is FC(F)(F)c1ccc(Br)c(NC2CN3CCC2CC3)c1. The van der Waals surface area contributed by atoms with Crippen LogP contribution in [0.2, 0.25) is 0 Å². The van der Waals surface area contributed by atoms with E-state index in [2.05, 4.69) is 26.1 Å². The highest BCUT2D eigenvalue weighted by atomic mass is 79.9. The second-order valence-corrected chi connectivity index (χ2v) is 6.44. The molecule has 3 aliphatic heterocycles. The van der Waals surface area contributed by atoms with Crippen LogP contribution >= 0.6 is 15.9 Å². The number of nitrogens with zero attached hydrogens (tertiary/aromatic N) is 1. The minimum absolute atomic E-state index is 0.247. The lowest BCUT2D eigenvalue weighted by atomic mass is 9.84. The lowest BCUT2D eigenvalue weighted by Gasteiger charge is -2.45. The second kappa shape index (κ2) is 5.22. The molecule has 110 valence electrons. The molecule has 0 aromatic heterocycles. The zero-order valence-electron chi connectivity index (χ0n) is 10.9. The fourth-order valence-electron chi connectivity index (χ4n) is 3.14. The number of halogens is 4. The van der Waals surface area contributed by atoms with Crippen LogP contribution in [0.3, 0.4) is 0 Å². The van der Waals surface area contributed by atoms with Crippen molar-refractivity contribution in [1.82, 2.24) is 4.90 Å². The Kier molecular flexibility index (Phi) is 3.71. The van der Waals surface area contributed by atoms with E-state index in [-0.39, 0.29) is 6.04 Å². The molecule has 3 aliphatic rings. The lowest BCUT2D eigenvalue weighted by Crippen LogP contribution is -2.53. The van der Waals surface area contributed by atoms with E-state index in [4.69, 9.17) is 0 Å². The maximum Gasteiger partial charge on any atom is 0.416 e. The third-order valence-electron chi connectivity index (χ3n) is 4.29. The summed E-state index contributed by atoms with van der Waals surface area (Å²) < 4.78 is 39.0. The first-order valence-corrected chi connectivity index (χ1v) is 7.58. The molecule has 0 saturated carbocycles. The molecule has 0 spiro atoms. The summed E-state index contributed by atoms with van der Waals surface area (Å²) in [6, 6.07) is 4.01. The van der Waals surface area contributed by atoms with Gasteiger partial charge in [-0.3, -0.25) is 0 Å². The first-order chi connectivity index (χ1) is 9.43. The highest BCUT2D eigenvalue weighted by molar-refractivity contribution is 9.10. The summed E-state index contributed by atoms with van der Waals surface area (Å²) in [6.45, 7) is 3.16. The molecular formula is C14H16BrF3N2. The van der Waals surface area contributed by atoms with Gasteiger partial charge in [0.15, 0.2) is 0 Å². The fourth-order valence-corrected chi connectivity index (χ4v) is 3.50. The zero-order valence-corrected chi connectivity index (χ0v) is 12.5. The summed E-state index contributed by atoms with van der Waals surface area (Å²) in [7, 11) is 0. The molecule has 0 radical (unpaired) electrons. The number of benzene rings is 1. The van der Waals surface area contributed by atoms with Crippen molar-refractivity contribution in [1.29, 1.82) is 0 Å². The predicted octanol–water partition coefficient (Wildman–Crippen LogP) is 3.97. The molecule has 3 heterocycles. The Labute approximate surface area is 124 Å². The molecule has 3 fully saturated rings. The third kappa shape index (κ3) is 2.81. The number of rotatable bonds is 2. The Morgan fingerprint density at radius 2 is 1.90 bits per heavy atom. The number of anilines is 1. The number of piperidine rings is 3. The smallest absolute Gasteiger partial charge is 0.380 e. The van der Waals surface area contributed by atoms with E-state index in [9.17, 15) is 13.2 Å². The average molecular weight is 349 g/mol. The number of fused-ring (bicyclic) bond motifs is 3. The van der Waals surface area contributed by atoms with E-state index in [0.29, 0.717) is 16.1 Å². The Morgan fingerprint density at radius 3 is 2.45 bits per heavy atom. The van der Waals surface area contributed by atoms with Crippen molar-refractivity contribution >= 4 is 21.6 Å². The standard InChI is InChI=1S/C14H16BrF3N2/c15-11-2-1-10(14(16,17)18)7-12(11)19-13-8-20-5-3-9(13)4-6-20/h1-2,7,9,13,19H,3-6,8H2. The molecule has 6 heteroatoms. The van der Waals surface area contributed by atoms with E-state index in [0.717, 1.165) is 38.5 Å². The molecule has 1 atom stereocenters. The van der Waals surface area contributed by atoms with E-state index in [1.807, 2.05) is 0 Å². The fraction of sp³-hybridized carbons (Fsp3) is 0.571. The van der Waals surface area contributed by atoms with Crippen LogP contribution in [0.15, 0.2) is 22.7 Å². The number of alkyl halides is 3. The van der Waals surface area contributed by atoms with Gasteiger partial charge in [-0.25, -0.2) is 0 Å². The van der Waals surface area contributed by atoms with Gasteiger partial charge >= 0.3 is 6.18 Å². The minimum Gasteiger partial charge on any atom is -0.380 e. The molecule has 0 amide bonds. The number of nitrogens with one attached hydrogen (secondary N) is 1. The molecule has 2 bridgehead atoms. The summed E-state index contributed by atoms with van der Waals surface area (Å²) in [5.74, 6) is 0.571. The number of hydrogen-bond donors (Lipinski definition) is 1. The molecule has 2 nitrogen and oxygen atoms in total. The molecule has 1 aromatic rings. The summed E-state index contributed by atoms with van der Waals surface area (Å²) in [5, 5.41) is 3.30. The summed E-state index contributed by atoms with van der Waals surface area (Å²) in [5.41, 5.74) is -0.0666. The van der Waals surface area contributed by atoms with Gasteiger partial charge in [0.05, 0.1) is 5.56 Å². The van der Waals surface area contributed by atoms with Crippen LogP contribution in [0, 0.1) is 5.92 Å². The highest BCUT2D eigenvalue weighted by Crippen LogP contribution is 2.36. The van der Waals surface area contributed by atoms with Gasteiger partial charge in [-0.15, -0.1) is 0 Å². The van der Waals surface area contributed by atoms with Crippen LogP contribution in [-0.2, 0) is 6.18 Å². The summed E-state index contributed by atoms with van der Waals surface area (Å²) >= 11 is 3.33. The second-order valence-electron chi connectivity index (χ2n) is 5.58. The monoisotopic (exact) mass is 348 g/mol. The van der Waals surface area contributed by atoms with E-state index >= 15 is 0 Å². The molecule has 20 heavy (non-hydrogen) atoms. The summed E-state index contributed by atoms with van der Waals surface area (Å²) in [4.78, 5) is 2.37. The van der Waals surface area contributed by atoms with E-state index in [1.165, 1.54) is 12.1 Å². The van der Waals surface area contributed by atoms with Crippen molar-refractivity contribution in [3.05, 3.63) is 28.2 Å². The Balaban J connectivity index is 1.80. The van der Waals surface area contributed by atoms with Crippen molar-refractivity contribution in [3.63, 3.8) is 0 Å². The third-order valence-corrected chi connectivity index (χ3v) is 4.98. The van der Waals surface area contributed by atoms with Crippen molar-refractivity contribution in [2.24, 2.45) is 5.92 Å². The minimum atomic E-state index is -4.30. The topological polar surface area (TPSA) is 15.3 Å². The van der Waals surface area contributed by atoms with Crippen LogP contribution in [-0.4, -0.2) is 30.6 Å².